The van der Waals surface area contributed by atoms with E-state index in [1.165, 1.54) is 23.3 Å². The van der Waals surface area contributed by atoms with Gasteiger partial charge in [-0.2, -0.15) is 8.82 Å². The fourth-order valence-electron chi connectivity index (χ4n) is 3.49. The predicted octanol–water partition coefficient (Wildman–Crippen LogP) is 0.624. The van der Waals surface area contributed by atoms with Crippen LogP contribution in [0.2, 0.25) is 0 Å². The molecular formula is C16H20N8O2S. The molecule has 1 saturated heterocycles. The number of nitrogens with one attached hydrogen (secondary N) is 1. The van der Waals surface area contributed by atoms with Crippen LogP contribution in [0.1, 0.15) is 31.0 Å². The zero-order valence-electron chi connectivity index (χ0n) is 14.9. The molecule has 142 valence electrons. The molecule has 0 aromatic carbocycles. The normalized spacial score (nSPS) is 18.8. The van der Waals surface area contributed by atoms with Crippen molar-refractivity contribution < 1.29 is 8.42 Å². The van der Waals surface area contributed by atoms with E-state index in [2.05, 4.69) is 25.1 Å². The standard InChI is InChI=1S/C16H20N8O2S/c1-22(27(25,26)15-7-17-10-18-15)12-8-23(9-12)14-6-5-13-19-20-16(24(13)21-14)11-3-2-4-11/h5-7,10-12H,2-4,8-9H2,1H3,(H,17,18). The van der Waals surface area contributed by atoms with Crippen LogP contribution in [0.5, 0.6) is 0 Å². The molecule has 2 fully saturated rings. The highest BCUT2D eigenvalue weighted by Crippen LogP contribution is 2.35. The topological polar surface area (TPSA) is 112 Å². The number of hydrogen-bond donors (Lipinski definition) is 1. The minimum Gasteiger partial charge on any atom is -0.352 e. The molecule has 1 aliphatic carbocycles. The van der Waals surface area contributed by atoms with Crippen LogP contribution >= 0.6 is 0 Å². The zero-order chi connectivity index (χ0) is 18.6. The van der Waals surface area contributed by atoms with Crippen LogP contribution in [0.3, 0.4) is 0 Å². The summed E-state index contributed by atoms with van der Waals surface area (Å²) in [5.41, 5.74) is 0.747. The van der Waals surface area contributed by atoms with Crippen LogP contribution in [0.4, 0.5) is 5.82 Å². The Morgan fingerprint density at radius 2 is 2.04 bits per heavy atom. The van der Waals surface area contributed by atoms with Crippen molar-refractivity contribution in [3.05, 3.63) is 30.5 Å². The summed E-state index contributed by atoms with van der Waals surface area (Å²) in [4.78, 5) is 8.53. The summed E-state index contributed by atoms with van der Waals surface area (Å²) in [6.07, 6.45) is 6.19. The number of likely N-dealkylation sites (N-methyl/N-ethyl adjacent to an activating group) is 1. The summed E-state index contributed by atoms with van der Waals surface area (Å²) in [7, 11) is -1.96. The number of aromatic amines is 1. The number of rotatable bonds is 5. The lowest BCUT2D eigenvalue weighted by atomic mass is 9.85. The lowest BCUT2D eigenvalue weighted by Crippen LogP contribution is -2.60. The Morgan fingerprint density at radius 3 is 2.70 bits per heavy atom. The summed E-state index contributed by atoms with van der Waals surface area (Å²) in [5.74, 6) is 2.18. The van der Waals surface area contributed by atoms with E-state index >= 15 is 0 Å². The number of aromatic nitrogens is 6. The third-order valence-corrected chi connectivity index (χ3v) is 7.41. The summed E-state index contributed by atoms with van der Waals surface area (Å²) in [6, 6.07) is 3.71. The van der Waals surface area contributed by atoms with Gasteiger partial charge >= 0.3 is 0 Å². The molecule has 0 radical (unpaired) electrons. The van der Waals surface area contributed by atoms with E-state index in [1.54, 1.807) is 7.05 Å². The van der Waals surface area contributed by atoms with Gasteiger partial charge in [-0.15, -0.1) is 15.3 Å². The molecule has 3 aromatic heterocycles. The van der Waals surface area contributed by atoms with Crippen molar-refractivity contribution in [1.29, 1.82) is 0 Å². The number of H-pyrrole nitrogens is 1. The number of fused-ring (bicyclic) bond motifs is 1. The SMILES string of the molecule is CN(C1CN(c2ccc3nnc(C4CCC4)n3n2)C1)S(=O)(=O)c1cnc[nH]1. The first-order valence-electron chi connectivity index (χ1n) is 8.98. The Labute approximate surface area is 156 Å². The third kappa shape index (κ3) is 2.60. The van der Waals surface area contributed by atoms with Crippen LogP contribution in [0, 0.1) is 0 Å². The maximum atomic E-state index is 12.6. The minimum absolute atomic E-state index is 0.109. The Hall–Kier alpha value is -2.53. The quantitative estimate of drug-likeness (QED) is 0.682. The minimum atomic E-state index is -3.56. The van der Waals surface area contributed by atoms with E-state index < -0.39 is 10.0 Å². The molecule has 10 nitrogen and oxygen atoms in total. The molecular weight excluding hydrogens is 368 g/mol. The second-order valence-corrected chi connectivity index (χ2v) is 9.11. The lowest BCUT2D eigenvalue weighted by molar-refractivity contribution is 0.308. The number of anilines is 1. The van der Waals surface area contributed by atoms with Gasteiger partial charge in [-0.3, -0.25) is 0 Å². The first-order chi connectivity index (χ1) is 13.0. The molecule has 1 saturated carbocycles. The molecule has 11 heteroatoms. The first kappa shape index (κ1) is 16.6. The molecule has 1 aliphatic heterocycles. The van der Waals surface area contributed by atoms with Crippen LogP contribution in [0.15, 0.2) is 29.7 Å². The highest BCUT2D eigenvalue weighted by atomic mass is 32.2. The van der Waals surface area contributed by atoms with Gasteiger partial charge in [0.05, 0.1) is 18.6 Å². The molecule has 1 N–H and O–H groups in total. The first-order valence-corrected chi connectivity index (χ1v) is 10.4. The van der Waals surface area contributed by atoms with E-state index in [-0.39, 0.29) is 11.1 Å². The summed E-state index contributed by atoms with van der Waals surface area (Å²) in [6.45, 7) is 1.17. The van der Waals surface area contributed by atoms with Crippen molar-refractivity contribution in [3.8, 4) is 0 Å². The summed E-state index contributed by atoms with van der Waals surface area (Å²) >= 11 is 0. The Morgan fingerprint density at radius 1 is 1.22 bits per heavy atom. The zero-order valence-corrected chi connectivity index (χ0v) is 15.7. The van der Waals surface area contributed by atoms with Crippen molar-refractivity contribution >= 4 is 21.5 Å². The second-order valence-electron chi connectivity index (χ2n) is 7.14. The average Bonchev–Trinajstić information content (AvgIpc) is 3.22. The van der Waals surface area contributed by atoms with E-state index in [4.69, 9.17) is 5.10 Å². The fraction of sp³-hybridized carbons (Fsp3) is 0.500. The Kier molecular flexibility index (Phi) is 3.69. The van der Waals surface area contributed by atoms with E-state index in [0.717, 1.165) is 30.1 Å². The van der Waals surface area contributed by atoms with Gasteiger partial charge < -0.3 is 9.88 Å². The highest BCUT2D eigenvalue weighted by molar-refractivity contribution is 7.89. The number of nitrogens with zero attached hydrogens (tertiary/aromatic N) is 7. The molecule has 5 rings (SSSR count). The molecule has 27 heavy (non-hydrogen) atoms. The molecule has 0 spiro atoms. The highest BCUT2D eigenvalue weighted by Gasteiger charge is 2.38. The van der Waals surface area contributed by atoms with Crippen LogP contribution < -0.4 is 4.90 Å². The smallest absolute Gasteiger partial charge is 0.260 e. The molecule has 2 aliphatic rings. The van der Waals surface area contributed by atoms with E-state index in [1.807, 2.05) is 16.6 Å². The van der Waals surface area contributed by atoms with Crippen molar-refractivity contribution in [1.82, 2.24) is 34.1 Å². The molecule has 4 heterocycles. The van der Waals surface area contributed by atoms with Gasteiger partial charge in [-0.05, 0) is 25.0 Å². The number of imidazole rings is 1. The van der Waals surface area contributed by atoms with Gasteiger partial charge in [0.15, 0.2) is 16.5 Å². The van der Waals surface area contributed by atoms with Gasteiger partial charge in [0.2, 0.25) is 0 Å². The third-order valence-electron chi connectivity index (χ3n) is 5.57. The predicted molar refractivity (Wildman–Crippen MR) is 96.9 cm³/mol. The van der Waals surface area contributed by atoms with Gasteiger partial charge in [0, 0.05) is 26.1 Å². The molecule has 0 atom stereocenters. The maximum Gasteiger partial charge on any atom is 0.260 e. The lowest BCUT2D eigenvalue weighted by Gasteiger charge is -2.43. The average molecular weight is 388 g/mol. The van der Waals surface area contributed by atoms with Crippen molar-refractivity contribution in [2.24, 2.45) is 0 Å². The summed E-state index contributed by atoms with van der Waals surface area (Å²) in [5, 5.41) is 13.3. The Balaban J connectivity index is 1.33. The number of sulfonamides is 1. The molecule has 0 bridgehead atoms. The summed E-state index contributed by atoms with van der Waals surface area (Å²) < 4.78 is 28.4. The monoisotopic (exact) mass is 388 g/mol. The molecule has 0 amide bonds. The van der Waals surface area contributed by atoms with Gasteiger partial charge in [0.1, 0.15) is 5.82 Å². The van der Waals surface area contributed by atoms with E-state index in [0.29, 0.717) is 19.0 Å². The van der Waals surface area contributed by atoms with Crippen molar-refractivity contribution in [2.45, 2.75) is 36.2 Å². The van der Waals surface area contributed by atoms with Crippen LogP contribution in [-0.4, -0.2) is 68.7 Å². The van der Waals surface area contributed by atoms with Crippen LogP contribution in [-0.2, 0) is 10.0 Å². The van der Waals surface area contributed by atoms with Crippen molar-refractivity contribution in [2.75, 3.05) is 25.0 Å². The van der Waals surface area contributed by atoms with E-state index in [9.17, 15) is 8.42 Å². The largest absolute Gasteiger partial charge is 0.352 e. The van der Waals surface area contributed by atoms with Gasteiger partial charge in [-0.25, -0.2) is 13.4 Å². The maximum absolute atomic E-state index is 12.6. The van der Waals surface area contributed by atoms with Gasteiger partial charge in [0.25, 0.3) is 10.0 Å². The fourth-order valence-corrected chi connectivity index (χ4v) is 4.73. The Bertz CT molecular complexity index is 1070. The van der Waals surface area contributed by atoms with Crippen molar-refractivity contribution in [3.63, 3.8) is 0 Å². The second kappa shape index (κ2) is 5.99. The number of hydrogen-bond acceptors (Lipinski definition) is 7. The molecule has 0 unspecified atom stereocenters. The van der Waals surface area contributed by atoms with Crippen LogP contribution in [0.25, 0.3) is 5.65 Å². The molecule has 3 aromatic rings. The van der Waals surface area contributed by atoms with Gasteiger partial charge in [-0.1, -0.05) is 6.42 Å².